The Morgan fingerprint density at radius 2 is 1.70 bits per heavy atom. The zero-order valence-electron chi connectivity index (χ0n) is 27.3. The molecule has 4 rings (SSSR count). The van der Waals surface area contributed by atoms with Crippen molar-refractivity contribution in [3.63, 3.8) is 0 Å². The highest BCUT2D eigenvalue weighted by Gasteiger charge is 2.18. The Bertz CT molecular complexity index is 1280. The first-order valence-corrected chi connectivity index (χ1v) is 16.2. The third-order valence-corrected chi connectivity index (χ3v) is 8.36. The van der Waals surface area contributed by atoms with Gasteiger partial charge in [-0.2, -0.15) is 5.21 Å². The zero-order chi connectivity index (χ0) is 32.0. The summed E-state index contributed by atoms with van der Waals surface area (Å²) in [7, 11) is 5.40. The Morgan fingerprint density at radius 1 is 1.05 bits per heavy atom. The molecule has 2 aromatic carbocycles. The number of tetrazole rings is 1. The molecule has 1 aliphatic carbocycles. The number of aromatic nitrogens is 4. The second kappa shape index (κ2) is 22.3. The number of rotatable bonds is 9. The predicted octanol–water partition coefficient (Wildman–Crippen LogP) is 7.26. The van der Waals surface area contributed by atoms with Crippen molar-refractivity contribution in [3.05, 3.63) is 82.3 Å². The minimum Gasteiger partial charge on any atom is -0.388 e. The van der Waals surface area contributed by atoms with Crippen LogP contribution in [0, 0.1) is 5.92 Å². The smallest absolute Gasteiger partial charge is 0.202 e. The maximum atomic E-state index is 11.1. The number of ether oxygens (including phenoxy) is 1. The lowest BCUT2D eigenvalue weighted by Gasteiger charge is -2.24. The Hall–Kier alpha value is -3.32. The van der Waals surface area contributed by atoms with E-state index in [0.717, 1.165) is 29.3 Å². The number of allylic oxidation sites excluding steroid dienone is 4. The van der Waals surface area contributed by atoms with Crippen molar-refractivity contribution in [3.8, 4) is 0 Å². The van der Waals surface area contributed by atoms with Crippen LogP contribution < -0.4 is 11.0 Å². The summed E-state index contributed by atoms with van der Waals surface area (Å²) in [6, 6.07) is 16.8. The molecule has 9 heteroatoms. The topological polar surface area (TPSA) is 119 Å². The molecule has 3 N–H and O–H groups in total. The fourth-order valence-electron chi connectivity index (χ4n) is 4.65. The number of hydrogen-bond acceptors (Lipinski definition) is 7. The second-order valence-electron chi connectivity index (χ2n) is 9.84. The number of aromatic amines is 1. The number of aldehydes is 1. The van der Waals surface area contributed by atoms with Gasteiger partial charge < -0.3 is 10.5 Å². The van der Waals surface area contributed by atoms with Gasteiger partial charge in [-0.05, 0) is 86.0 Å². The highest BCUT2D eigenvalue weighted by atomic mass is 31.1. The zero-order valence-corrected chi connectivity index (χ0v) is 28.3. The molecule has 1 saturated carbocycles. The van der Waals surface area contributed by atoms with Crippen LogP contribution in [0.5, 0.6) is 0 Å². The average Bonchev–Trinajstić information content (AvgIpc) is 3.62. The van der Waals surface area contributed by atoms with Crippen LogP contribution in [0.15, 0.2) is 64.8 Å². The first-order chi connectivity index (χ1) is 21.0. The monoisotopic (exact) mass is 606 g/mol. The van der Waals surface area contributed by atoms with E-state index >= 15 is 0 Å². The van der Waals surface area contributed by atoms with Crippen LogP contribution in [0.4, 0.5) is 0 Å². The van der Waals surface area contributed by atoms with Gasteiger partial charge in [-0.3, -0.25) is 9.79 Å². The molecule has 1 aromatic heterocycles. The first-order valence-electron chi connectivity index (χ1n) is 15.0. The van der Waals surface area contributed by atoms with Crippen molar-refractivity contribution in [2.45, 2.75) is 72.9 Å². The Morgan fingerprint density at radius 3 is 2.28 bits per heavy atom. The third-order valence-electron chi connectivity index (χ3n) is 7.03. The number of methoxy groups -OCH3 is 1. The lowest BCUT2D eigenvalue weighted by atomic mass is 9.81. The molecule has 234 valence electrons. The van der Waals surface area contributed by atoms with Crippen molar-refractivity contribution >= 4 is 37.5 Å². The molecule has 0 radical (unpaired) electrons. The van der Waals surface area contributed by atoms with E-state index in [2.05, 4.69) is 68.4 Å². The van der Waals surface area contributed by atoms with Gasteiger partial charge in [-0.1, -0.05) is 89.7 Å². The number of carbonyl (C=O) groups is 1. The Balaban J connectivity index is 0.00000122. The van der Waals surface area contributed by atoms with Crippen LogP contribution in [0.3, 0.4) is 0 Å². The molecule has 1 heterocycles. The maximum absolute atomic E-state index is 11.1. The van der Waals surface area contributed by atoms with Crippen molar-refractivity contribution in [1.29, 1.82) is 0 Å². The van der Waals surface area contributed by atoms with Gasteiger partial charge in [0.1, 0.15) is 6.29 Å². The molecular weight excluding hydrogens is 555 g/mol. The van der Waals surface area contributed by atoms with E-state index < -0.39 is 0 Å². The number of nitrogens with zero attached hydrogens (tertiary/aromatic N) is 4. The number of benzene rings is 2. The first kappa shape index (κ1) is 37.7. The van der Waals surface area contributed by atoms with Gasteiger partial charge in [-0.25, -0.2) is 0 Å². The summed E-state index contributed by atoms with van der Waals surface area (Å²) in [5.41, 5.74) is 12.0. The van der Waals surface area contributed by atoms with E-state index in [4.69, 9.17) is 4.99 Å². The fraction of sp³-hybridized carbons (Fsp3) is 0.441. The molecule has 43 heavy (non-hydrogen) atoms. The largest absolute Gasteiger partial charge is 0.388 e. The molecular formula is C34H51N6O2P. The summed E-state index contributed by atoms with van der Waals surface area (Å²) in [4.78, 5) is 15.9. The molecule has 0 aliphatic heterocycles. The van der Waals surface area contributed by atoms with E-state index in [1.165, 1.54) is 66.7 Å². The predicted molar refractivity (Wildman–Crippen MR) is 184 cm³/mol. The van der Waals surface area contributed by atoms with Crippen LogP contribution in [-0.2, 0) is 10.9 Å². The average molecular weight is 607 g/mol. The van der Waals surface area contributed by atoms with E-state index in [-0.39, 0.29) is 0 Å². The van der Waals surface area contributed by atoms with Gasteiger partial charge in [0.15, 0.2) is 0 Å². The molecule has 8 nitrogen and oxygen atoms in total. The highest BCUT2D eigenvalue weighted by molar-refractivity contribution is 7.46. The minimum absolute atomic E-state index is 0.572. The quantitative estimate of drug-likeness (QED) is 0.150. The number of nitrogens with one attached hydrogen (secondary N) is 1. The van der Waals surface area contributed by atoms with E-state index in [1.807, 2.05) is 52.1 Å². The number of H-pyrrole nitrogens is 1. The van der Waals surface area contributed by atoms with Gasteiger partial charge in [0, 0.05) is 37.3 Å². The lowest BCUT2D eigenvalue weighted by Crippen LogP contribution is -2.10. The molecule has 3 aromatic rings. The number of aliphatic imine (C=N–C) groups is 1. The molecule has 0 spiro atoms. The van der Waals surface area contributed by atoms with Gasteiger partial charge in [-0.15, -0.1) is 10.2 Å². The Kier molecular flexibility index (Phi) is 19.5. The summed E-state index contributed by atoms with van der Waals surface area (Å²) in [6.07, 6.45) is 10.3. The molecule has 0 amide bonds. The van der Waals surface area contributed by atoms with Crippen LogP contribution in [0.2, 0.25) is 0 Å². The molecule has 1 fully saturated rings. The normalized spacial score (nSPS) is 14.4. The molecule has 1 unspecified atom stereocenters. The number of hydrogen-bond donors (Lipinski definition) is 2. The van der Waals surface area contributed by atoms with Gasteiger partial charge >= 0.3 is 0 Å². The molecule has 0 bridgehead atoms. The molecule has 1 aliphatic rings. The van der Waals surface area contributed by atoms with Gasteiger partial charge in [0.05, 0.1) is 0 Å². The SMILES string of the molecule is CC.CC(/N=C\C(=C(/C)C1CCCCC1)c1ccc(PCc2cccc(C=O)c2)cc1)=C(\C)c1nn[nH]n1.CN.COC. The summed E-state index contributed by atoms with van der Waals surface area (Å²) in [5.74, 6) is 1.18. The van der Waals surface area contributed by atoms with Crippen LogP contribution in [0.1, 0.15) is 94.0 Å². The van der Waals surface area contributed by atoms with Gasteiger partial charge in [0.2, 0.25) is 5.82 Å². The second-order valence-corrected chi connectivity index (χ2v) is 11.1. The minimum atomic E-state index is 0.572. The third kappa shape index (κ3) is 12.8. The van der Waals surface area contributed by atoms with Gasteiger partial charge in [0.25, 0.3) is 0 Å². The van der Waals surface area contributed by atoms with E-state index in [1.54, 1.807) is 14.2 Å². The number of nitrogens with two attached hydrogens (primary N) is 1. The van der Waals surface area contributed by atoms with E-state index in [0.29, 0.717) is 20.3 Å². The summed E-state index contributed by atoms with van der Waals surface area (Å²) < 4.78 is 4.25. The number of carbonyl (C=O) groups excluding carboxylic acids is 1. The lowest BCUT2D eigenvalue weighted by molar-refractivity contribution is 0.112. The fourth-order valence-corrected chi connectivity index (χ4v) is 5.68. The molecule has 1 atom stereocenters. The van der Waals surface area contributed by atoms with Crippen LogP contribution in [0.25, 0.3) is 11.1 Å². The molecule has 0 saturated heterocycles. The maximum Gasteiger partial charge on any atom is 0.202 e. The van der Waals surface area contributed by atoms with Crippen molar-refractivity contribution in [2.24, 2.45) is 16.6 Å². The van der Waals surface area contributed by atoms with Crippen molar-refractivity contribution in [2.75, 3.05) is 21.3 Å². The van der Waals surface area contributed by atoms with E-state index in [9.17, 15) is 4.79 Å². The van der Waals surface area contributed by atoms with Crippen molar-refractivity contribution in [1.82, 2.24) is 20.6 Å². The van der Waals surface area contributed by atoms with Crippen molar-refractivity contribution < 1.29 is 9.53 Å². The summed E-state index contributed by atoms with van der Waals surface area (Å²) >= 11 is 0. The van der Waals surface area contributed by atoms with Crippen LogP contribution in [-0.4, -0.2) is 54.4 Å². The summed E-state index contributed by atoms with van der Waals surface area (Å²) in [6.45, 7) is 10.2. The Labute approximate surface area is 260 Å². The standard InChI is InChI=1S/C29H34N5OP.C2H6O.C2H6.CH5N/c1-20(29-31-33-34-32-29)22(3)30-17-28(21(2)25-10-5-4-6-11-25)26-12-14-27(15-13-26)36-19-24-9-7-8-23(16-24)18-35;1-3-2;2*1-2/h7-9,12-18,25,36H,4-6,10-11,19H2,1-3H3,(H,31,32,33,34);1-2H3;1-2H3;2H2,1H3/b22-20-,28-21-,30-17-;;;. The van der Waals surface area contributed by atoms with Crippen LogP contribution >= 0.6 is 8.58 Å². The highest BCUT2D eigenvalue weighted by Crippen LogP contribution is 2.34. The summed E-state index contributed by atoms with van der Waals surface area (Å²) in [5, 5.41) is 15.6.